The van der Waals surface area contributed by atoms with Crippen LogP contribution in [0.15, 0.2) is 30.5 Å². The highest BCUT2D eigenvalue weighted by Gasteiger charge is 2.29. The Morgan fingerprint density at radius 3 is 2.62 bits per heavy atom. The van der Waals surface area contributed by atoms with Crippen LogP contribution in [-0.2, 0) is 0 Å². The van der Waals surface area contributed by atoms with Gasteiger partial charge in [0.05, 0.1) is 5.52 Å². The number of hydrogen-bond acceptors (Lipinski definition) is 2. The molecule has 0 radical (unpaired) electrons. The molecular formula is C20H20FI2N3. The molecule has 1 aliphatic carbocycles. The second-order valence-corrected chi connectivity index (χ2v) is 9.29. The smallest absolute Gasteiger partial charge is 0.133 e. The van der Waals surface area contributed by atoms with Crippen LogP contribution in [0.5, 0.6) is 0 Å². The van der Waals surface area contributed by atoms with Crippen molar-refractivity contribution in [2.75, 3.05) is 0 Å². The fourth-order valence-electron chi connectivity index (χ4n) is 4.21. The summed E-state index contributed by atoms with van der Waals surface area (Å²) in [5.41, 5.74) is 2.14. The van der Waals surface area contributed by atoms with Gasteiger partial charge in [0, 0.05) is 17.5 Å². The molecule has 1 N–H and O–H groups in total. The molecule has 1 saturated carbocycles. The molecule has 4 rings (SSSR count). The Bertz CT molecular complexity index is 912. The van der Waals surface area contributed by atoms with E-state index >= 15 is 0 Å². The molecule has 2 aromatic heterocycles. The Labute approximate surface area is 179 Å². The SMILES string of the molecule is C[C@H](c1nc(I)c(I)[nH]1)C1CCC(c2ccnc3ccc(F)cc23)CC1. The van der Waals surface area contributed by atoms with Gasteiger partial charge >= 0.3 is 0 Å². The molecule has 3 aromatic rings. The second-order valence-electron chi connectivity index (χ2n) is 7.19. The van der Waals surface area contributed by atoms with Gasteiger partial charge < -0.3 is 4.98 Å². The molecule has 1 aromatic carbocycles. The first-order chi connectivity index (χ1) is 12.5. The molecule has 3 nitrogen and oxygen atoms in total. The van der Waals surface area contributed by atoms with Crippen molar-refractivity contribution < 1.29 is 4.39 Å². The van der Waals surface area contributed by atoms with Gasteiger partial charge in [0.25, 0.3) is 0 Å². The summed E-state index contributed by atoms with van der Waals surface area (Å²) in [6.07, 6.45) is 6.49. The van der Waals surface area contributed by atoms with Crippen LogP contribution in [0, 0.1) is 19.1 Å². The van der Waals surface area contributed by atoms with Gasteiger partial charge in [-0.05, 0) is 113 Å². The largest absolute Gasteiger partial charge is 0.336 e. The second kappa shape index (κ2) is 7.69. The van der Waals surface area contributed by atoms with Crippen molar-refractivity contribution in [2.24, 2.45) is 5.92 Å². The number of H-pyrrole nitrogens is 1. The first-order valence-corrected chi connectivity index (χ1v) is 11.1. The van der Waals surface area contributed by atoms with Gasteiger partial charge in [0.1, 0.15) is 19.0 Å². The van der Waals surface area contributed by atoms with Gasteiger partial charge in [-0.2, -0.15) is 0 Å². The number of hydrogen-bond donors (Lipinski definition) is 1. The Balaban J connectivity index is 1.51. The topological polar surface area (TPSA) is 41.6 Å². The summed E-state index contributed by atoms with van der Waals surface area (Å²) < 4.78 is 15.9. The minimum Gasteiger partial charge on any atom is -0.336 e. The summed E-state index contributed by atoms with van der Waals surface area (Å²) in [6.45, 7) is 2.28. The molecule has 26 heavy (non-hydrogen) atoms. The first-order valence-electron chi connectivity index (χ1n) is 8.98. The number of rotatable bonds is 3. The van der Waals surface area contributed by atoms with Gasteiger partial charge in [-0.25, -0.2) is 9.37 Å². The monoisotopic (exact) mass is 575 g/mol. The highest BCUT2D eigenvalue weighted by Crippen LogP contribution is 2.42. The zero-order valence-electron chi connectivity index (χ0n) is 14.5. The number of nitrogens with zero attached hydrogens (tertiary/aromatic N) is 2. The maximum absolute atomic E-state index is 13.7. The molecule has 0 bridgehead atoms. The Morgan fingerprint density at radius 1 is 1.15 bits per heavy atom. The Kier molecular flexibility index (Phi) is 5.50. The van der Waals surface area contributed by atoms with Gasteiger partial charge in [-0.3, -0.25) is 4.98 Å². The van der Waals surface area contributed by atoms with Crippen molar-refractivity contribution in [3.05, 3.63) is 55.1 Å². The molecule has 1 fully saturated rings. The minimum absolute atomic E-state index is 0.184. The van der Waals surface area contributed by atoms with Crippen molar-refractivity contribution in [3.63, 3.8) is 0 Å². The molecule has 2 heterocycles. The number of nitrogens with one attached hydrogen (secondary N) is 1. The van der Waals surface area contributed by atoms with E-state index in [4.69, 9.17) is 0 Å². The summed E-state index contributed by atoms with van der Waals surface area (Å²) in [4.78, 5) is 12.5. The van der Waals surface area contributed by atoms with E-state index in [1.807, 2.05) is 6.20 Å². The van der Waals surface area contributed by atoms with Gasteiger partial charge in [-0.1, -0.05) is 6.92 Å². The average molecular weight is 575 g/mol. The van der Waals surface area contributed by atoms with Gasteiger partial charge in [-0.15, -0.1) is 0 Å². The quantitative estimate of drug-likeness (QED) is 0.369. The van der Waals surface area contributed by atoms with Crippen LogP contribution in [-0.4, -0.2) is 15.0 Å². The third-order valence-electron chi connectivity index (χ3n) is 5.72. The zero-order valence-corrected chi connectivity index (χ0v) is 18.8. The molecule has 1 aliphatic rings. The number of aromatic amines is 1. The van der Waals surface area contributed by atoms with Crippen molar-refractivity contribution in [3.8, 4) is 0 Å². The number of halogens is 3. The van der Waals surface area contributed by atoms with E-state index in [2.05, 4.69) is 73.1 Å². The Hall–Kier alpha value is -0.770. The third-order valence-corrected chi connectivity index (χ3v) is 8.32. The van der Waals surface area contributed by atoms with Crippen LogP contribution in [0.25, 0.3) is 10.9 Å². The van der Waals surface area contributed by atoms with E-state index in [-0.39, 0.29) is 5.82 Å². The highest BCUT2D eigenvalue weighted by atomic mass is 127. The van der Waals surface area contributed by atoms with Crippen molar-refractivity contribution >= 4 is 56.1 Å². The lowest BCUT2D eigenvalue weighted by Gasteiger charge is -2.32. The summed E-state index contributed by atoms with van der Waals surface area (Å²) in [5.74, 6) is 2.51. The predicted molar refractivity (Wildman–Crippen MR) is 119 cm³/mol. The van der Waals surface area contributed by atoms with E-state index in [9.17, 15) is 4.39 Å². The third kappa shape index (κ3) is 3.63. The molecule has 0 saturated heterocycles. The molecule has 0 amide bonds. The summed E-state index contributed by atoms with van der Waals surface area (Å²) in [7, 11) is 0. The molecule has 6 heteroatoms. The highest BCUT2D eigenvalue weighted by molar-refractivity contribution is 14.1. The lowest BCUT2D eigenvalue weighted by molar-refractivity contribution is 0.286. The van der Waals surface area contributed by atoms with E-state index in [1.165, 1.54) is 24.5 Å². The number of aromatic nitrogens is 3. The van der Waals surface area contributed by atoms with E-state index in [0.29, 0.717) is 17.8 Å². The standard InChI is InChI=1S/C20H20FI2N3/c1-11(20-25-18(22)19(23)26-20)12-2-4-13(5-3-12)15-8-9-24-17-7-6-14(21)10-16(15)17/h6-13H,2-5H2,1H3,(H,25,26)/t11-,12?,13?/m0/s1. The zero-order chi connectivity index (χ0) is 18.3. The maximum atomic E-state index is 13.7. The number of benzene rings is 1. The molecule has 0 unspecified atom stereocenters. The van der Waals surface area contributed by atoms with Crippen molar-refractivity contribution in [1.29, 1.82) is 0 Å². The molecule has 136 valence electrons. The van der Waals surface area contributed by atoms with Crippen LogP contribution < -0.4 is 0 Å². The summed E-state index contributed by atoms with van der Waals surface area (Å²) in [6, 6.07) is 6.98. The van der Waals surface area contributed by atoms with Crippen LogP contribution in [0.3, 0.4) is 0 Å². The fraction of sp³-hybridized carbons (Fsp3) is 0.400. The predicted octanol–water partition coefficient (Wildman–Crippen LogP) is 6.38. The lowest BCUT2D eigenvalue weighted by Crippen LogP contribution is -2.19. The molecule has 0 aliphatic heterocycles. The molecule has 1 atom stereocenters. The van der Waals surface area contributed by atoms with Gasteiger partial charge in [0.15, 0.2) is 0 Å². The average Bonchev–Trinajstić information content (AvgIpc) is 2.99. The maximum Gasteiger partial charge on any atom is 0.133 e. The van der Waals surface area contributed by atoms with Crippen LogP contribution >= 0.6 is 45.2 Å². The lowest BCUT2D eigenvalue weighted by atomic mass is 9.73. The number of imidazole rings is 1. The van der Waals surface area contributed by atoms with E-state index < -0.39 is 0 Å². The number of fused-ring (bicyclic) bond motifs is 1. The number of pyridine rings is 1. The Morgan fingerprint density at radius 2 is 1.92 bits per heavy atom. The first kappa shape index (κ1) is 18.6. The normalized spacial score (nSPS) is 21.8. The summed E-state index contributed by atoms with van der Waals surface area (Å²) >= 11 is 4.59. The minimum atomic E-state index is -0.184. The fourth-order valence-corrected chi connectivity index (χ4v) is 5.00. The van der Waals surface area contributed by atoms with E-state index in [0.717, 1.165) is 37.0 Å². The van der Waals surface area contributed by atoms with E-state index in [1.54, 1.807) is 12.1 Å². The van der Waals surface area contributed by atoms with Crippen molar-refractivity contribution in [2.45, 2.75) is 44.4 Å². The van der Waals surface area contributed by atoms with Crippen LogP contribution in [0.4, 0.5) is 4.39 Å². The van der Waals surface area contributed by atoms with Gasteiger partial charge in [0.2, 0.25) is 0 Å². The molecule has 0 spiro atoms. The van der Waals surface area contributed by atoms with Crippen LogP contribution in [0.1, 0.15) is 55.8 Å². The van der Waals surface area contributed by atoms with Crippen LogP contribution in [0.2, 0.25) is 0 Å². The summed E-state index contributed by atoms with van der Waals surface area (Å²) in [5, 5.41) is 0.971. The molecular weight excluding hydrogens is 555 g/mol. The van der Waals surface area contributed by atoms with Crippen molar-refractivity contribution in [1.82, 2.24) is 15.0 Å².